The first kappa shape index (κ1) is 15.3. The predicted molar refractivity (Wildman–Crippen MR) is 75.6 cm³/mol. The molecule has 18 heavy (non-hydrogen) atoms. The van der Waals surface area contributed by atoms with Crippen LogP contribution in [0.25, 0.3) is 0 Å². The summed E-state index contributed by atoms with van der Waals surface area (Å²) in [7, 11) is 0. The van der Waals surface area contributed by atoms with Crippen molar-refractivity contribution in [2.45, 2.75) is 71.1 Å². The molecule has 0 spiro atoms. The third-order valence-electron chi connectivity index (χ3n) is 4.07. The Morgan fingerprint density at radius 3 is 2.39 bits per heavy atom. The predicted octanol–water partition coefficient (Wildman–Crippen LogP) is 4.79. The van der Waals surface area contributed by atoms with E-state index >= 15 is 0 Å². The van der Waals surface area contributed by atoms with E-state index in [1.54, 1.807) is 0 Å². The summed E-state index contributed by atoms with van der Waals surface area (Å²) in [4.78, 5) is 11.3. The number of allylic oxidation sites excluding steroid dienone is 2. The maximum Gasteiger partial charge on any atom is 0.307 e. The lowest BCUT2D eigenvalue weighted by Gasteiger charge is -2.20. The Kier molecular flexibility index (Phi) is 7.79. The van der Waals surface area contributed by atoms with Crippen LogP contribution in [0.3, 0.4) is 0 Å². The highest BCUT2D eigenvalue weighted by atomic mass is 16.4. The molecule has 1 aliphatic carbocycles. The van der Waals surface area contributed by atoms with Gasteiger partial charge in [0, 0.05) is 0 Å². The van der Waals surface area contributed by atoms with Crippen LogP contribution < -0.4 is 0 Å². The summed E-state index contributed by atoms with van der Waals surface area (Å²) in [5, 5.41) is 9.28. The van der Waals surface area contributed by atoms with Gasteiger partial charge in [-0.3, -0.25) is 4.79 Å². The van der Waals surface area contributed by atoms with Crippen molar-refractivity contribution in [2.75, 3.05) is 0 Å². The number of carbonyl (C=O) groups is 1. The molecule has 0 heterocycles. The van der Waals surface area contributed by atoms with E-state index in [9.17, 15) is 9.90 Å². The summed E-state index contributed by atoms with van der Waals surface area (Å²) in [6.45, 7) is 1.99. The van der Waals surface area contributed by atoms with Gasteiger partial charge in [0.15, 0.2) is 0 Å². The zero-order valence-electron chi connectivity index (χ0n) is 11.7. The molecule has 0 bridgehead atoms. The molecule has 0 amide bonds. The Bertz CT molecular complexity index is 258. The molecule has 0 aliphatic heterocycles. The minimum absolute atomic E-state index is 0.191. The first-order valence-electron chi connectivity index (χ1n) is 7.65. The van der Waals surface area contributed by atoms with E-state index in [1.807, 2.05) is 6.92 Å². The fraction of sp³-hybridized carbons (Fsp3) is 0.812. The summed E-state index contributed by atoms with van der Waals surface area (Å²) in [5.74, 6) is -0.574. The van der Waals surface area contributed by atoms with Gasteiger partial charge in [0.05, 0.1) is 5.92 Å². The average Bonchev–Trinajstić information content (AvgIpc) is 2.32. The van der Waals surface area contributed by atoms with Crippen LogP contribution in [0.2, 0.25) is 0 Å². The zero-order chi connectivity index (χ0) is 13.2. The molecule has 2 unspecified atom stereocenters. The molecule has 1 aliphatic rings. The smallest absolute Gasteiger partial charge is 0.307 e. The van der Waals surface area contributed by atoms with Crippen molar-refractivity contribution in [2.24, 2.45) is 11.8 Å². The molecular weight excluding hydrogens is 224 g/mol. The van der Waals surface area contributed by atoms with Crippen molar-refractivity contribution in [3.05, 3.63) is 12.2 Å². The molecule has 1 N–H and O–H groups in total. The molecule has 0 aromatic heterocycles. The van der Waals surface area contributed by atoms with Gasteiger partial charge >= 0.3 is 5.97 Å². The van der Waals surface area contributed by atoms with Gasteiger partial charge in [0.2, 0.25) is 0 Å². The van der Waals surface area contributed by atoms with Crippen LogP contribution in [-0.2, 0) is 4.79 Å². The quantitative estimate of drug-likeness (QED) is 0.733. The second-order valence-corrected chi connectivity index (χ2v) is 5.50. The molecule has 0 fully saturated rings. The highest BCUT2D eigenvalue weighted by Gasteiger charge is 2.23. The van der Waals surface area contributed by atoms with E-state index in [2.05, 4.69) is 12.2 Å². The lowest BCUT2D eigenvalue weighted by molar-refractivity contribution is -0.143. The van der Waals surface area contributed by atoms with E-state index < -0.39 is 5.97 Å². The first-order chi connectivity index (χ1) is 8.75. The van der Waals surface area contributed by atoms with Crippen molar-refractivity contribution in [3.63, 3.8) is 0 Å². The van der Waals surface area contributed by atoms with Crippen LogP contribution in [0.1, 0.15) is 71.1 Å². The monoisotopic (exact) mass is 252 g/mol. The number of rotatable bonds is 3. The number of carboxylic acid groups (broad SMARTS) is 1. The lowest BCUT2D eigenvalue weighted by Crippen LogP contribution is -2.21. The van der Waals surface area contributed by atoms with Crippen molar-refractivity contribution < 1.29 is 9.90 Å². The normalized spacial score (nSPS) is 24.8. The van der Waals surface area contributed by atoms with Crippen LogP contribution in [0.15, 0.2) is 12.2 Å². The van der Waals surface area contributed by atoms with Crippen molar-refractivity contribution >= 4 is 5.97 Å². The van der Waals surface area contributed by atoms with Gasteiger partial charge < -0.3 is 5.11 Å². The van der Waals surface area contributed by atoms with Crippen LogP contribution in [-0.4, -0.2) is 11.1 Å². The fourth-order valence-corrected chi connectivity index (χ4v) is 2.89. The Morgan fingerprint density at radius 1 is 1.17 bits per heavy atom. The van der Waals surface area contributed by atoms with Gasteiger partial charge in [-0.05, 0) is 31.6 Å². The van der Waals surface area contributed by atoms with Crippen molar-refractivity contribution in [1.82, 2.24) is 0 Å². The van der Waals surface area contributed by atoms with Crippen LogP contribution in [0.5, 0.6) is 0 Å². The summed E-state index contributed by atoms with van der Waals surface area (Å²) in [6.07, 6.45) is 16.4. The lowest BCUT2D eigenvalue weighted by atomic mass is 9.85. The van der Waals surface area contributed by atoms with E-state index in [0.717, 1.165) is 19.3 Å². The Hall–Kier alpha value is -0.790. The minimum atomic E-state index is -0.626. The number of hydrogen-bond donors (Lipinski definition) is 1. The standard InChI is InChI=1S/C16H28O2/c1-2-15(16(17)18)14-12-10-8-6-4-3-5-7-9-11-13-14/h10,12,14-15H,2-9,11,13H2,1H3,(H,17,18). The van der Waals surface area contributed by atoms with Gasteiger partial charge in [-0.25, -0.2) is 0 Å². The van der Waals surface area contributed by atoms with Crippen LogP contribution in [0.4, 0.5) is 0 Å². The summed E-state index contributed by atoms with van der Waals surface area (Å²) >= 11 is 0. The minimum Gasteiger partial charge on any atom is -0.481 e. The van der Waals surface area contributed by atoms with Gasteiger partial charge in [-0.15, -0.1) is 0 Å². The molecule has 104 valence electrons. The van der Waals surface area contributed by atoms with Crippen LogP contribution >= 0.6 is 0 Å². The topological polar surface area (TPSA) is 37.3 Å². The molecule has 1 rings (SSSR count). The van der Waals surface area contributed by atoms with E-state index in [1.165, 1.54) is 44.9 Å². The maximum absolute atomic E-state index is 11.3. The molecular formula is C16H28O2. The third kappa shape index (κ3) is 5.70. The van der Waals surface area contributed by atoms with Gasteiger partial charge in [-0.2, -0.15) is 0 Å². The van der Waals surface area contributed by atoms with E-state index in [0.29, 0.717) is 0 Å². The first-order valence-corrected chi connectivity index (χ1v) is 7.65. The molecule has 2 atom stereocenters. The summed E-state index contributed by atoms with van der Waals surface area (Å²) < 4.78 is 0. The van der Waals surface area contributed by atoms with Crippen LogP contribution in [0, 0.1) is 11.8 Å². The maximum atomic E-state index is 11.3. The van der Waals surface area contributed by atoms with Crippen molar-refractivity contribution in [1.29, 1.82) is 0 Å². The third-order valence-corrected chi connectivity index (χ3v) is 4.07. The molecule has 2 nitrogen and oxygen atoms in total. The molecule has 0 radical (unpaired) electrons. The second-order valence-electron chi connectivity index (χ2n) is 5.50. The van der Waals surface area contributed by atoms with Gasteiger partial charge in [0.1, 0.15) is 0 Å². The molecule has 0 aromatic carbocycles. The highest BCUT2D eigenvalue weighted by molar-refractivity contribution is 5.70. The molecule has 0 saturated carbocycles. The number of aliphatic carboxylic acids is 1. The number of carboxylic acids is 1. The molecule has 0 saturated heterocycles. The molecule has 0 aromatic rings. The van der Waals surface area contributed by atoms with Gasteiger partial charge in [-0.1, -0.05) is 57.6 Å². The van der Waals surface area contributed by atoms with Gasteiger partial charge in [0.25, 0.3) is 0 Å². The number of hydrogen-bond acceptors (Lipinski definition) is 1. The average molecular weight is 252 g/mol. The summed E-state index contributed by atoms with van der Waals surface area (Å²) in [5.41, 5.74) is 0. The Morgan fingerprint density at radius 2 is 1.78 bits per heavy atom. The Labute approximate surface area is 111 Å². The fourth-order valence-electron chi connectivity index (χ4n) is 2.89. The zero-order valence-corrected chi connectivity index (χ0v) is 11.7. The van der Waals surface area contributed by atoms with E-state index in [4.69, 9.17) is 0 Å². The summed E-state index contributed by atoms with van der Waals surface area (Å²) in [6, 6.07) is 0. The largest absolute Gasteiger partial charge is 0.481 e. The molecule has 2 heteroatoms. The SMILES string of the molecule is CCC(C(=O)O)C1C=CCCCCCCCCC1. The Balaban J connectivity index is 2.58. The second kappa shape index (κ2) is 9.18. The highest BCUT2D eigenvalue weighted by Crippen LogP contribution is 2.25. The van der Waals surface area contributed by atoms with E-state index in [-0.39, 0.29) is 11.8 Å². The van der Waals surface area contributed by atoms with Crippen molar-refractivity contribution in [3.8, 4) is 0 Å².